The number of nitrogens with one attached hydrogen (secondary N) is 1. The first kappa shape index (κ1) is 17.5. The van der Waals surface area contributed by atoms with Gasteiger partial charge in [0.15, 0.2) is 0 Å². The minimum absolute atomic E-state index is 0.0790. The molecule has 0 saturated carbocycles. The van der Waals surface area contributed by atoms with E-state index in [2.05, 4.69) is 5.32 Å². The molecule has 0 radical (unpaired) electrons. The number of hydrogen-bond donors (Lipinski definition) is 1. The first-order valence-electron chi connectivity index (χ1n) is 7.85. The lowest BCUT2D eigenvalue weighted by atomic mass is 10.1. The van der Waals surface area contributed by atoms with Crippen molar-refractivity contribution < 1.29 is 19.1 Å². The van der Waals surface area contributed by atoms with Gasteiger partial charge in [-0.1, -0.05) is 6.07 Å². The highest BCUT2D eigenvalue weighted by atomic mass is 16.5. The van der Waals surface area contributed by atoms with Gasteiger partial charge in [0, 0.05) is 11.3 Å². The van der Waals surface area contributed by atoms with Gasteiger partial charge >= 0.3 is 5.97 Å². The van der Waals surface area contributed by atoms with Crippen molar-refractivity contribution >= 4 is 17.6 Å². The van der Waals surface area contributed by atoms with Crippen molar-refractivity contribution in [2.75, 3.05) is 11.9 Å². The van der Waals surface area contributed by atoms with Gasteiger partial charge in [-0.05, 0) is 63.2 Å². The predicted octanol–water partition coefficient (Wildman–Crippen LogP) is 3.90. The first-order chi connectivity index (χ1) is 11.5. The zero-order valence-electron chi connectivity index (χ0n) is 14.0. The third-order valence-corrected chi connectivity index (χ3v) is 3.12. The van der Waals surface area contributed by atoms with Crippen LogP contribution in [0.15, 0.2) is 48.5 Å². The van der Waals surface area contributed by atoms with Crippen LogP contribution in [0.4, 0.5) is 5.69 Å². The summed E-state index contributed by atoms with van der Waals surface area (Å²) >= 11 is 0. The topological polar surface area (TPSA) is 64.6 Å². The predicted molar refractivity (Wildman–Crippen MR) is 92.6 cm³/mol. The first-order valence-corrected chi connectivity index (χ1v) is 7.85. The van der Waals surface area contributed by atoms with Crippen LogP contribution >= 0.6 is 0 Å². The monoisotopic (exact) mass is 327 g/mol. The number of rotatable bonds is 6. The van der Waals surface area contributed by atoms with Gasteiger partial charge < -0.3 is 14.8 Å². The van der Waals surface area contributed by atoms with E-state index in [1.807, 2.05) is 13.8 Å². The summed E-state index contributed by atoms with van der Waals surface area (Å²) in [6, 6.07) is 13.6. The molecule has 24 heavy (non-hydrogen) atoms. The summed E-state index contributed by atoms with van der Waals surface area (Å²) in [4.78, 5) is 24.0. The molecular weight excluding hydrogens is 306 g/mol. The van der Waals surface area contributed by atoms with Gasteiger partial charge in [-0.25, -0.2) is 4.79 Å². The summed E-state index contributed by atoms with van der Waals surface area (Å²) < 4.78 is 10.5. The molecule has 0 saturated heterocycles. The number of ether oxygens (including phenoxy) is 2. The Bertz CT molecular complexity index is 708. The maximum Gasteiger partial charge on any atom is 0.338 e. The summed E-state index contributed by atoms with van der Waals surface area (Å²) in [6.07, 6.45) is 0.0790. The SMILES string of the molecule is CCOC(=O)c1cccc(NC(=O)c2ccc(OC(C)C)cc2)c1. The summed E-state index contributed by atoms with van der Waals surface area (Å²) in [5.41, 5.74) is 1.44. The van der Waals surface area contributed by atoms with E-state index in [0.717, 1.165) is 0 Å². The van der Waals surface area contributed by atoms with Gasteiger partial charge in [0.1, 0.15) is 5.75 Å². The van der Waals surface area contributed by atoms with Crippen LogP contribution in [0.1, 0.15) is 41.5 Å². The van der Waals surface area contributed by atoms with E-state index >= 15 is 0 Å². The van der Waals surface area contributed by atoms with Crippen molar-refractivity contribution in [3.05, 3.63) is 59.7 Å². The molecule has 1 N–H and O–H groups in total. The molecule has 0 spiro atoms. The van der Waals surface area contributed by atoms with Gasteiger partial charge in [-0.15, -0.1) is 0 Å². The van der Waals surface area contributed by atoms with Crippen LogP contribution in [-0.4, -0.2) is 24.6 Å². The maximum atomic E-state index is 12.3. The zero-order chi connectivity index (χ0) is 17.5. The normalized spacial score (nSPS) is 10.3. The van der Waals surface area contributed by atoms with E-state index in [0.29, 0.717) is 29.2 Å². The Morgan fingerprint density at radius 1 is 1.04 bits per heavy atom. The maximum absolute atomic E-state index is 12.3. The lowest BCUT2D eigenvalue weighted by Gasteiger charge is -2.10. The van der Waals surface area contributed by atoms with Crippen molar-refractivity contribution in [3.63, 3.8) is 0 Å². The highest BCUT2D eigenvalue weighted by Gasteiger charge is 2.10. The van der Waals surface area contributed by atoms with Crippen LogP contribution in [0.25, 0.3) is 0 Å². The van der Waals surface area contributed by atoms with E-state index < -0.39 is 5.97 Å². The summed E-state index contributed by atoms with van der Waals surface area (Å²) in [6.45, 7) is 5.94. The van der Waals surface area contributed by atoms with Crippen LogP contribution < -0.4 is 10.1 Å². The fourth-order valence-corrected chi connectivity index (χ4v) is 2.10. The lowest BCUT2D eigenvalue weighted by molar-refractivity contribution is 0.0526. The van der Waals surface area contributed by atoms with Crippen molar-refractivity contribution in [2.45, 2.75) is 26.9 Å². The molecule has 0 aromatic heterocycles. The summed E-state index contributed by atoms with van der Waals surface area (Å²) in [5, 5.41) is 2.77. The Balaban J connectivity index is 2.06. The van der Waals surface area contributed by atoms with Gasteiger partial charge in [0.25, 0.3) is 5.91 Å². The number of benzene rings is 2. The molecule has 0 aliphatic carbocycles. The van der Waals surface area contributed by atoms with Gasteiger partial charge in [-0.2, -0.15) is 0 Å². The number of amides is 1. The third-order valence-electron chi connectivity index (χ3n) is 3.12. The number of esters is 1. The Hall–Kier alpha value is -2.82. The molecule has 0 fully saturated rings. The fraction of sp³-hybridized carbons (Fsp3) is 0.263. The minimum atomic E-state index is -0.413. The Morgan fingerprint density at radius 3 is 2.38 bits per heavy atom. The largest absolute Gasteiger partial charge is 0.491 e. The van der Waals surface area contributed by atoms with Crippen molar-refractivity contribution in [2.24, 2.45) is 0 Å². The molecular formula is C19H21NO4. The molecule has 0 aliphatic heterocycles. The Labute approximate surface area is 141 Å². The van der Waals surface area contributed by atoms with E-state index in [1.54, 1.807) is 55.5 Å². The second-order valence-corrected chi connectivity index (χ2v) is 5.45. The lowest BCUT2D eigenvalue weighted by Crippen LogP contribution is -2.13. The Kier molecular flexibility index (Phi) is 5.95. The summed E-state index contributed by atoms with van der Waals surface area (Å²) in [5.74, 6) is 0.0433. The fourth-order valence-electron chi connectivity index (χ4n) is 2.10. The van der Waals surface area contributed by atoms with Crippen LogP contribution in [0.2, 0.25) is 0 Å². The average Bonchev–Trinajstić information content (AvgIpc) is 2.55. The molecule has 1 amide bonds. The molecule has 126 valence electrons. The van der Waals surface area contributed by atoms with Crippen LogP contribution in [0, 0.1) is 0 Å². The standard InChI is InChI=1S/C19H21NO4/c1-4-23-19(22)15-6-5-7-16(12-15)20-18(21)14-8-10-17(11-9-14)24-13(2)3/h5-13H,4H2,1-3H3,(H,20,21). The zero-order valence-corrected chi connectivity index (χ0v) is 14.0. The van der Waals surface area contributed by atoms with E-state index in [1.165, 1.54) is 0 Å². The quantitative estimate of drug-likeness (QED) is 0.817. The number of carbonyl (C=O) groups excluding carboxylic acids is 2. The van der Waals surface area contributed by atoms with Crippen LogP contribution in [0.5, 0.6) is 5.75 Å². The van der Waals surface area contributed by atoms with Crippen LogP contribution in [0.3, 0.4) is 0 Å². The number of hydrogen-bond acceptors (Lipinski definition) is 4. The van der Waals surface area contributed by atoms with Gasteiger partial charge in [0.05, 0.1) is 18.3 Å². The summed E-state index contributed by atoms with van der Waals surface area (Å²) in [7, 11) is 0. The van der Waals surface area contributed by atoms with Gasteiger partial charge in [-0.3, -0.25) is 4.79 Å². The average molecular weight is 327 g/mol. The van der Waals surface area contributed by atoms with Crippen molar-refractivity contribution in [3.8, 4) is 5.75 Å². The van der Waals surface area contributed by atoms with Crippen molar-refractivity contribution in [1.82, 2.24) is 0 Å². The van der Waals surface area contributed by atoms with E-state index in [-0.39, 0.29) is 12.0 Å². The highest BCUT2D eigenvalue weighted by Crippen LogP contribution is 2.16. The molecule has 5 heteroatoms. The smallest absolute Gasteiger partial charge is 0.338 e. The molecule has 2 aromatic rings. The van der Waals surface area contributed by atoms with E-state index in [4.69, 9.17) is 9.47 Å². The molecule has 5 nitrogen and oxygen atoms in total. The second kappa shape index (κ2) is 8.15. The Morgan fingerprint density at radius 2 is 1.75 bits per heavy atom. The molecule has 0 heterocycles. The third kappa shape index (κ3) is 4.84. The molecule has 0 unspecified atom stereocenters. The molecule has 0 bridgehead atoms. The minimum Gasteiger partial charge on any atom is -0.491 e. The second-order valence-electron chi connectivity index (χ2n) is 5.45. The van der Waals surface area contributed by atoms with E-state index in [9.17, 15) is 9.59 Å². The molecule has 2 rings (SSSR count). The highest BCUT2D eigenvalue weighted by molar-refractivity contribution is 6.04. The molecule has 0 atom stereocenters. The van der Waals surface area contributed by atoms with Crippen LogP contribution in [-0.2, 0) is 4.74 Å². The van der Waals surface area contributed by atoms with Gasteiger partial charge in [0.2, 0.25) is 0 Å². The molecule has 0 aliphatic rings. The van der Waals surface area contributed by atoms with Crippen molar-refractivity contribution in [1.29, 1.82) is 0 Å². The molecule has 2 aromatic carbocycles. The number of carbonyl (C=O) groups is 2. The number of anilines is 1.